The molecule has 19 heavy (non-hydrogen) atoms. The highest BCUT2D eigenvalue weighted by atomic mass is 35.5. The van der Waals surface area contributed by atoms with Crippen LogP contribution in [-0.2, 0) is 0 Å². The lowest BCUT2D eigenvalue weighted by Gasteiger charge is -2.03. The fourth-order valence-electron chi connectivity index (χ4n) is 1.84. The maximum atomic E-state index is 6.05. The van der Waals surface area contributed by atoms with Crippen molar-refractivity contribution in [1.82, 2.24) is 19.8 Å². The molecule has 0 aliphatic heterocycles. The minimum absolute atomic E-state index is 0.441. The molecule has 6 heteroatoms. The third-order valence-electron chi connectivity index (χ3n) is 2.85. The number of ether oxygens (including phenoxy) is 1. The van der Waals surface area contributed by atoms with E-state index in [4.69, 9.17) is 16.3 Å². The monoisotopic (exact) mass is 274 g/mol. The van der Waals surface area contributed by atoms with Gasteiger partial charge in [0.2, 0.25) is 0 Å². The van der Waals surface area contributed by atoms with Crippen LogP contribution in [0.5, 0.6) is 5.75 Å². The highest BCUT2D eigenvalue weighted by Crippen LogP contribution is 2.23. The molecule has 0 aliphatic carbocycles. The zero-order valence-electron chi connectivity index (χ0n) is 10.5. The Morgan fingerprint density at radius 2 is 2.05 bits per heavy atom. The number of aromatic nitrogens is 4. The minimum atomic E-state index is 0.441. The van der Waals surface area contributed by atoms with Crippen LogP contribution in [0.1, 0.15) is 5.56 Å². The van der Waals surface area contributed by atoms with Gasteiger partial charge in [0, 0.05) is 5.56 Å². The Hall–Kier alpha value is -2.14. The van der Waals surface area contributed by atoms with Crippen molar-refractivity contribution in [2.45, 2.75) is 6.92 Å². The first-order valence-corrected chi connectivity index (χ1v) is 6.10. The van der Waals surface area contributed by atoms with E-state index in [1.165, 1.54) is 0 Å². The van der Waals surface area contributed by atoms with Gasteiger partial charge in [-0.15, -0.1) is 10.2 Å². The summed E-state index contributed by atoms with van der Waals surface area (Å²) in [5.41, 5.74) is 2.41. The first kappa shape index (κ1) is 11.9. The standard InChI is InChI=1S/C13H11ClN4O/c1-8-6-11-15-16-13(18(11)17-12(8)14)9-4-3-5-10(7-9)19-2/h3-7H,1-2H3. The number of methoxy groups -OCH3 is 1. The number of halogens is 1. The summed E-state index contributed by atoms with van der Waals surface area (Å²) in [4.78, 5) is 0. The summed E-state index contributed by atoms with van der Waals surface area (Å²) < 4.78 is 6.83. The summed E-state index contributed by atoms with van der Waals surface area (Å²) in [5, 5.41) is 13.0. The molecule has 0 atom stereocenters. The Morgan fingerprint density at radius 3 is 2.84 bits per heavy atom. The quantitative estimate of drug-likeness (QED) is 0.721. The van der Waals surface area contributed by atoms with E-state index in [-0.39, 0.29) is 0 Å². The number of hydrogen-bond acceptors (Lipinski definition) is 4. The Kier molecular flexibility index (Phi) is 2.83. The second kappa shape index (κ2) is 4.51. The fraction of sp³-hybridized carbons (Fsp3) is 0.154. The lowest BCUT2D eigenvalue weighted by Crippen LogP contribution is -1.97. The molecule has 0 bridgehead atoms. The predicted octanol–water partition coefficient (Wildman–Crippen LogP) is 2.76. The molecule has 3 aromatic rings. The van der Waals surface area contributed by atoms with Gasteiger partial charge >= 0.3 is 0 Å². The van der Waals surface area contributed by atoms with Gasteiger partial charge in [-0.25, -0.2) is 0 Å². The zero-order valence-corrected chi connectivity index (χ0v) is 11.2. The van der Waals surface area contributed by atoms with Gasteiger partial charge in [0.15, 0.2) is 16.6 Å². The van der Waals surface area contributed by atoms with Crippen molar-refractivity contribution in [1.29, 1.82) is 0 Å². The van der Waals surface area contributed by atoms with Crippen LogP contribution < -0.4 is 4.74 Å². The fourth-order valence-corrected chi connectivity index (χ4v) is 1.97. The van der Waals surface area contributed by atoms with E-state index < -0.39 is 0 Å². The molecule has 2 heterocycles. The lowest BCUT2D eigenvalue weighted by molar-refractivity contribution is 0.415. The van der Waals surface area contributed by atoms with Gasteiger partial charge < -0.3 is 4.74 Å². The average molecular weight is 275 g/mol. The smallest absolute Gasteiger partial charge is 0.185 e. The molecule has 5 nitrogen and oxygen atoms in total. The van der Waals surface area contributed by atoms with E-state index in [9.17, 15) is 0 Å². The molecule has 0 spiro atoms. The molecule has 0 radical (unpaired) electrons. The number of aryl methyl sites for hydroxylation is 1. The molecule has 0 saturated heterocycles. The first-order valence-electron chi connectivity index (χ1n) is 5.72. The second-order valence-corrected chi connectivity index (χ2v) is 4.50. The molecule has 2 aromatic heterocycles. The number of hydrogen-bond donors (Lipinski definition) is 0. The van der Waals surface area contributed by atoms with Crippen LogP contribution in [0.2, 0.25) is 5.15 Å². The Morgan fingerprint density at radius 1 is 1.21 bits per heavy atom. The third kappa shape index (κ3) is 2.02. The highest BCUT2D eigenvalue weighted by molar-refractivity contribution is 6.30. The molecular formula is C13H11ClN4O. The van der Waals surface area contributed by atoms with Crippen molar-refractivity contribution in [3.05, 3.63) is 41.0 Å². The minimum Gasteiger partial charge on any atom is -0.497 e. The van der Waals surface area contributed by atoms with Crippen molar-refractivity contribution in [2.75, 3.05) is 7.11 Å². The van der Waals surface area contributed by atoms with Gasteiger partial charge in [0.1, 0.15) is 5.75 Å². The lowest BCUT2D eigenvalue weighted by atomic mass is 10.2. The topological polar surface area (TPSA) is 52.3 Å². The molecule has 0 fully saturated rings. The van der Waals surface area contributed by atoms with Crippen molar-refractivity contribution in [3.63, 3.8) is 0 Å². The number of rotatable bonds is 2. The van der Waals surface area contributed by atoms with Crippen LogP contribution in [0, 0.1) is 6.92 Å². The maximum Gasteiger partial charge on any atom is 0.185 e. The second-order valence-electron chi connectivity index (χ2n) is 4.14. The van der Waals surface area contributed by atoms with Crippen LogP contribution in [0.4, 0.5) is 0 Å². The summed E-state index contributed by atoms with van der Waals surface area (Å²) in [6.07, 6.45) is 0. The van der Waals surface area contributed by atoms with Crippen molar-refractivity contribution in [2.24, 2.45) is 0 Å². The molecular weight excluding hydrogens is 264 g/mol. The van der Waals surface area contributed by atoms with Crippen molar-refractivity contribution >= 4 is 17.2 Å². The molecule has 0 N–H and O–H groups in total. The highest BCUT2D eigenvalue weighted by Gasteiger charge is 2.11. The van der Waals surface area contributed by atoms with Gasteiger partial charge in [-0.3, -0.25) is 0 Å². The molecule has 0 amide bonds. The Balaban J connectivity index is 2.22. The summed E-state index contributed by atoms with van der Waals surface area (Å²) in [5.74, 6) is 1.39. The van der Waals surface area contributed by atoms with Crippen LogP contribution >= 0.6 is 11.6 Å². The average Bonchev–Trinajstić information content (AvgIpc) is 2.82. The number of nitrogens with zero attached hydrogens (tertiary/aromatic N) is 4. The van der Waals surface area contributed by atoms with E-state index in [1.807, 2.05) is 37.3 Å². The SMILES string of the molecule is COc1cccc(-c2nnc3cc(C)c(Cl)nn23)c1. The van der Waals surface area contributed by atoms with Crippen LogP contribution in [0.15, 0.2) is 30.3 Å². The van der Waals surface area contributed by atoms with Gasteiger partial charge in [-0.1, -0.05) is 23.7 Å². The van der Waals surface area contributed by atoms with E-state index in [1.54, 1.807) is 11.6 Å². The summed E-state index contributed by atoms with van der Waals surface area (Å²) in [6, 6.07) is 9.43. The van der Waals surface area contributed by atoms with E-state index in [0.717, 1.165) is 16.9 Å². The summed E-state index contributed by atoms with van der Waals surface area (Å²) >= 11 is 6.05. The Labute approximate surface area is 114 Å². The van der Waals surface area contributed by atoms with Gasteiger partial charge in [-0.05, 0) is 30.7 Å². The maximum absolute atomic E-state index is 6.05. The van der Waals surface area contributed by atoms with E-state index in [0.29, 0.717) is 16.6 Å². The normalized spacial score (nSPS) is 10.9. The first-order chi connectivity index (χ1) is 9.19. The van der Waals surface area contributed by atoms with Crippen LogP contribution in [0.3, 0.4) is 0 Å². The van der Waals surface area contributed by atoms with Crippen LogP contribution in [0.25, 0.3) is 17.0 Å². The van der Waals surface area contributed by atoms with Crippen molar-refractivity contribution < 1.29 is 4.74 Å². The number of benzene rings is 1. The van der Waals surface area contributed by atoms with E-state index >= 15 is 0 Å². The molecule has 96 valence electrons. The van der Waals surface area contributed by atoms with Crippen molar-refractivity contribution in [3.8, 4) is 17.1 Å². The molecule has 0 unspecified atom stereocenters. The number of fused-ring (bicyclic) bond motifs is 1. The largest absolute Gasteiger partial charge is 0.497 e. The van der Waals surface area contributed by atoms with Gasteiger partial charge in [0.05, 0.1) is 7.11 Å². The third-order valence-corrected chi connectivity index (χ3v) is 3.23. The Bertz CT molecular complexity index is 753. The molecule has 1 aromatic carbocycles. The zero-order chi connectivity index (χ0) is 13.4. The molecule has 0 saturated carbocycles. The predicted molar refractivity (Wildman–Crippen MR) is 72.5 cm³/mol. The summed E-state index contributed by atoms with van der Waals surface area (Å²) in [7, 11) is 1.62. The molecule has 0 aliphatic rings. The molecule has 3 rings (SSSR count). The summed E-state index contributed by atoms with van der Waals surface area (Å²) in [6.45, 7) is 1.88. The van der Waals surface area contributed by atoms with Gasteiger partial charge in [0.25, 0.3) is 0 Å². The van der Waals surface area contributed by atoms with Gasteiger partial charge in [-0.2, -0.15) is 9.61 Å². The van der Waals surface area contributed by atoms with E-state index in [2.05, 4.69) is 15.3 Å². The van der Waals surface area contributed by atoms with Crippen LogP contribution in [-0.4, -0.2) is 26.9 Å².